The lowest BCUT2D eigenvalue weighted by Gasteiger charge is -2.22. The lowest BCUT2D eigenvalue weighted by Crippen LogP contribution is -2.24. The van der Waals surface area contributed by atoms with Gasteiger partial charge in [0.05, 0.1) is 11.4 Å². The molecule has 4 nitrogen and oxygen atoms in total. The van der Waals surface area contributed by atoms with Crippen LogP contribution >= 0.6 is 27.3 Å². The van der Waals surface area contributed by atoms with Crippen LogP contribution in [0.1, 0.15) is 34.1 Å². The zero-order valence-electron chi connectivity index (χ0n) is 15.8. The van der Waals surface area contributed by atoms with Crippen molar-refractivity contribution < 1.29 is 9.59 Å². The smallest absolute Gasteiger partial charge is 0.230 e. The maximum atomic E-state index is 12.4. The lowest BCUT2D eigenvalue weighted by atomic mass is 10.1. The number of ketones is 1. The van der Waals surface area contributed by atoms with Crippen LogP contribution in [-0.2, 0) is 4.79 Å². The van der Waals surface area contributed by atoms with Crippen molar-refractivity contribution in [2.75, 3.05) is 4.90 Å². The monoisotopic (exact) mass is 454 g/mol. The van der Waals surface area contributed by atoms with Crippen LogP contribution in [-0.4, -0.2) is 16.7 Å². The van der Waals surface area contributed by atoms with E-state index in [1.807, 2.05) is 49.6 Å². The van der Waals surface area contributed by atoms with Gasteiger partial charge in [-0.2, -0.15) is 0 Å². The number of carbonyl (C=O) groups is 2. The van der Waals surface area contributed by atoms with Gasteiger partial charge in [0.2, 0.25) is 5.91 Å². The highest BCUT2D eigenvalue weighted by Gasteiger charge is 2.21. The molecule has 0 spiro atoms. The van der Waals surface area contributed by atoms with Gasteiger partial charge in [-0.05, 0) is 49.3 Å². The summed E-state index contributed by atoms with van der Waals surface area (Å²) in [7, 11) is 0. The number of hydrogen-bond donors (Lipinski definition) is 0. The van der Waals surface area contributed by atoms with Gasteiger partial charge in [-0.15, -0.1) is 11.3 Å². The first-order chi connectivity index (χ1) is 13.4. The minimum atomic E-state index is -0.104. The average Bonchev–Trinajstić information content (AvgIpc) is 3.11. The lowest BCUT2D eigenvalue weighted by molar-refractivity contribution is -0.115. The number of amides is 1. The Kier molecular flexibility index (Phi) is 6.21. The van der Waals surface area contributed by atoms with E-state index < -0.39 is 0 Å². The van der Waals surface area contributed by atoms with E-state index in [1.54, 1.807) is 23.1 Å². The molecule has 6 heteroatoms. The number of carbonyl (C=O) groups excluding carboxylic acids is 2. The molecule has 0 unspecified atom stereocenters. The molecule has 0 saturated heterocycles. The van der Waals surface area contributed by atoms with E-state index in [9.17, 15) is 9.59 Å². The Balaban J connectivity index is 1.88. The Morgan fingerprint density at radius 3 is 2.43 bits per heavy atom. The molecular weight excluding hydrogens is 436 g/mol. The molecule has 0 aliphatic heterocycles. The van der Waals surface area contributed by atoms with Crippen LogP contribution < -0.4 is 4.90 Å². The number of hydrogen-bond acceptors (Lipinski definition) is 4. The number of nitrogens with zero attached hydrogens (tertiary/aromatic N) is 2. The van der Waals surface area contributed by atoms with Gasteiger partial charge in [0.1, 0.15) is 0 Å². The molecule has 0 radical (unpaired) electrons. The summed E-state index contributed by atoms with van der Waals surface area (Å²) in [6.45, 7) is 5.48. The molecular formula is C22H19BrN2O2S. The highest BCUT2D eigenvalue weighted by molar-refractivity contribution is 9.10. The molecule has 3 rings (SSSR count). The van der Waals surface area contributed by atoms with Gasteiger partial charge in [-0.25, -0.2) is 4.98 Å². The quantitative estimate of drug-likeness (QED) is 0.345. The summed E-state index contributed by atoms with van der Waals surface area (Å²) in [6.07, 6.45) is 3.17. The summed E-state index contributed by atoms with van der Waals surface area (Å²) >= 11 is 4.74. The maximum absolute atomic E-state index is 12.4. The Morgan fingerprint density at radius 1 is 1.11 bits per heavy atom. The number of benzene rings is 2. The van der Waals surface area contributed by atoms with Gasteiger partial charge in [-0.3, -0.25) is 14.5 Å². The van der Waals surface area contributed by atoms with Crippen LogP contribution in [0.2, 0.25) is 0 Å². The van der Waals surface area contributed by atoms with Crippen LogP contribution in [0.4, 0.5) is 10.8 Å². The molecule has 0 saturated carbocycles. The molecule has 142 valence electrons. The van der Waals surface area contributed by atoms with E-state index in [1.165, 1.54) is 24.3 Å². The fourth-order valence-electron chi connectivity index (χ4n) is 2.90. The van der Waals surface area contributed by atoms with E-state index in [2.05, 4.69) is 20.9 Å². The van der Waals surface area contributed by atoms with Crippen molar-refractivity contribution in [3.63, 3.8) is 0 Å². The first-order valence-corrected chi connectivity index (χ1v) is 10.3. The van der Waals surface area contributed by atoms with Crippen molar-refractivity contribution in [2.24, 2.45) is 0 Å². The molecule has 3 aromatic rings. The minimum absolute atomic E-state index is 0.103. The molecule has 28 heavy (non-hydrogen) atoms. The molecule has 0 N–H and O–H groups in total. The third kappa shape index (κ3) is 4.46. The van der Waals surface area contributed by atoms with Gasteiger partial charge < -0.3 is 0 Å². The van der Waals surface area contributed by atoms with Crippen molar-refractivity contribution in [3.8, 4) is 0 Å². The number of allylic oxidation sites excluding steroid dienone is 1. The zero-order valence-corrected chi connectivity index (χ0v) is 18.2. The van der Waals surface area contributed by atoms with Gasteiger partial charge in [-0.1, -0.05) is 46.3 Å². The van der Waals surface area contributed by atoms with Crippen LogP contribution in [0.3, 0.4) is 0 Å². The largest absolute Gasteiger partial charge is 0.289 e. The number of halogens is 1. The predicted molar refractivity (Wildman–Crippen MR) is 118 cm³/mol. The van der Waals surface area contributed by atoms with Crippen LogP contribution in [0.25, 0.3) is 6.08 Å². The van der Waals surface area contributed by atoms with Crippen LogP contribution in [0.5, 0.6) is 0 Å². The summed E-state index contributed by atoms with van der Waals surface area (Å²) in [5, 5.41) is 2.42. The normalized spacial score (nSPS) is 11.0. The molecule has 1 amide bonds. The second-order valence-corrected chi connectivity index (χ2v) is 8.11. The Morgan fingerprint density at radius 2 is 1.79 bits per heavy atom. The summed E-state index contributed by atoms with van der Waals surface area (Å²) in [5.41, 5.74) is 4.10. The fraction of sp³-hybridized carbons (Fsp3) is 0.136. The molecule has 0 fully saturated rings. The highest BCUT2D eigenvalue weighted by atomic mass is 79.9. The van der Waals surface area contributed by atoms with E-state index in [4.69, 9.17) is 0 Å². The van der Waals surface area contributed by atoms with Crippen molar-refractivity contribution >= 4 is 55.9 Å². The Bertz CT molecular complexity index is 1050. The molecule has 0 aliphatic rings. The summed E-state index contributed by atoms with van der Waals surface area (Å²) < 4.78 is 0.855. The van der Waals surface area contributed by atoms with Crippen molar-refractivity contribution in [1.29, 1.82) is 0 Å². The molecule has 0 atom stereocenters. The summed E-state index contributed by atoms with van der Waals surface area (Å²) in [6, 6.07) is 13.2. The zero-order chi connectivity index (χ0) is 20.3. The van der Waals surface area contributed by atoms with Crippen molar-refractivity contribution in [3.05, 3.63) is 80.8 Å². The van der Waals surface area contributed by atoms with Gasteiger partial charge in [0, 0.05) is 22.3 Å². The fourth-order valence-corrected chi connectivity index (χ4v) is 4.14. The van der Waals surface area contributed by atoms with Gasteiger partial charge >= 0.3 is 0 Å². The first-order valence-electron chi connectivity index (χ1n) is 8.67. The molecule has 1 heterocycles. The third-order valence-electron chi connectivity index (χ3n) is 4.19. The SMILES string of the molecule is CC(=O)N(c1nc(C=CC(=O)c2cccc(Br)c2)cs1)c1c(C)cccc1C. The van der Waals surface area contributed by atoms with E-state index in [-0.39, 0.29) is 11.7 Å². The number of anilines is 2. The maximum Gasteiger partial charge on any atom is 0.230 e. The standard InChI is InChI=1S/C22H19BrN2O2S/c1-14-6-4-7-15(2)21(14)25(16(3)26)22-24-19(13-28-22)10-11-20(27)17-8-5-9-18(23)12-17/h4-13H,1-3H3. The van der Waals surface area contributed by atoms with E-state index in [0.717, 1.165) is 21.3 Å². The average molecular weight is 455 g/mol. The number of aromatic nitrogens is 1. The van der Waals surface area contributed by atoms with Crippen LogP contribution in [0.15, 0.2) is 58.4 Å². The number of aryl methyl sites for hydroxylation is 2. The summed E-state index contributed by atoms with van der Waals surface area (Å²) in [5.74, 6) is -0.207. The second-order valence-electron chi connectivity index (χ2n) is 6.36. The van der Waals surface area contributed by atoms with Crippen LogP contribution in [0, 0.1) is 13.8 Å². The first kappa shape index (κ1) is 20.2. The highest BCUT2D eigenvalue weighted by Crippen LogP contribution is 2.33. The molecule has 1 aromatic heterocycles. The molecule has 0 aliphatic carbocycles. The Labute approximate surface area is 176 Å². The number of para-hydroxylation sites is 1. The topological polar surface area (TPSA) is 50.3 Å². The second kappa shape index (κ2) is 8.63. The number of thiazole rings is 1. The Hall–Kier alpha value is -2.57. The van der Waals surface area contributed by atoms with Crippen molar-refractivity contribution in [1.82, 2.24) is 4.98 Å². The molecule has 2 aromatic carbocycles. The summed E-state index contributed by atoms with van der Waals surface area (Å²) in [4.78, 5) is 30.9. The van der Waals surface area contributed by atoms with E-state index in [0.29, 0.717) is 16.4 Å². The third-order valence-corrected chi connectivity index (χ3v) is 5.53. The predicted octanol–water partition coefficient (Wildman–Crippen LogP) is 6.10. The minimum Gasteiger partial charge on any atom is -0.289 e. The number of rotatable bonds is 5. The van der Waals surface area contributed by atoms with Gasteiger partial charge in [0.15, 0.2) is 10.9 Å². The van der Waals surface area contributed by atoms with E-state index >= 15 is 0 Å². The van der Waals surface area contributed by atoms with Gasteiger partial charge in [0.25, 0.3) is 0 Å². The molecule has 0 bridgehead atoms. The van der Waals surface area contributed by atoms with Crippen molar-refractivity contribution in [2.45, 2.75) is 20.8 Å².